The van der Waals surface area contributed by atoms with Crippen LogP contribution in [0.1, 0.15) is 10.5 Å². The van der Waals surface area contributed by atoms with Crippen LogP contribution in [0, 0.1) is 0 Å². The highest BCUT2D eigenvalue weighted by Gasteiger charge is 2.23. The van der Waals surface area contributed by atoms with E-state index in [0.717, 1.165) is 6.07 Å². The minimum Gasteiger partial charge on any atom is -0.480 e. The summed E-state index contributed by atoms with van der Waals surface area (Å²) in [6.45, 7) is -0.771. The van der Waals surface area contributed by atoms with Gasteiger partial charge in [0.2, 0.25) is 10.0 Å². The number of nitrogens with one attached hydrogen (secondary N) is 2. The van der Waals surface area contributed by atoms with Gasteiger partial charge < -0.3 is 20.1 Å². The van der Waals surface area contributed by atoms with Gasteiger partial charge in [0.25, 0.3) is 5.91 Å². The van der Waals surface area contributed by atoms with Crippen LogP contribution < -0.4 is 10.0 Å². The van der Waals surface area contributed by atoms with E-state index < -0.39 is 34.5 Å². The number of nitrogens with zero attached hydrogens (tertiary/aromatic N) is 1. The third kappa shape index (κ3) is 3.35. The van der Waals surface area contributed by atoms with Crippen LogP contribution in [0.25, 0.3) is 0 Å². The molecule has 0 radical (unpaired) electrons. The molecule has 0 aromatic carbocycles. The Kier molecular flexibility index (Phi) is 4.87. The molecule has 0 saturated heterocycles. The van der Waals surface area contributed by atoms with E-state index in [2.05, 4.69) is 10.0 Å². The van der Waals surface area contributed by atoms with E-state index in [4.69, 9.17) is 10.2 Å². The van der Waals surface area contributed by atoms with Crippen LogP contribution in [0.15, 0.2) is 17.2 Å². The first kappa shape index (κ1) is 16.1. The maximum atomic E-state index is 11.8. The van der Waals surface area contributed by atoms with Crippen molar-refractivity contribution in [3.8, 4) is 0 Å². The van der Waals surface area contributed by atoms with Crippen molar-refractivity contribution in [1.82, 2.24) is 14.6 Å². The van der Waals surface area contributed by atoms with Gasteiger partial charge in [-0.2, -0.15) is 0 Å². The van der Waals surface area contributed by atoms with Crippen molar-refractivity contribution in [2.45, 2.75) is 10.9 Å². The minimum atomic E-state index is -3.70. The number of amides is 1. The zero-order chi connectivity index (χ0) is 15.5. The van der Waals surface area contributed by atoms with E-state index >= 15 is 0 Å². The van der Waals surface area contributed by atoms with E-state index in [-0.39, 0.29) is 10.6 Å². The molecule has 1 heterocycles. The molecular formula is C10H15N3O6S. The number of hydrogen-bond acceptors (Lipinski definition) is 5. The topological polar surface area (TPSA) is 138 Å². The fourth-order valence-electron chi connectivity index (χ4n) is 1.44. The second-order valence-electron chi connectivity index (χ2n) is 3.93. The van der Waals surface area contributed by atoms with Crippen molar-refractivity contribution < 1.29 is 28.2 Å². The lowest BCUT2D eigenvalue weighted by molar-refractivity contribution is -0.140. The van der Waals surface area contributed by atoms with Gasteiger partial charge in [0.05, 0.1) is 6.61 Å². The van der Waals surface area contributed by atoms with Crippen LogP contribution >= 0.6 is 0 Å². The molecule has 20 heavy (non-hydrogen) atoms. The zero-order valence-corrected chi connectivity index (χ0v) is 11.6. The largest absolute Gasteiger partial charge is 0.480 e. The highest BCUT2D eigenvalue weighted by atomic mass is 32.2. The number of carboxylic acid groups (broad SMARTS) is 1. The lowest BCUT2D eigenvalue weighted by atomic mass is 10.3. The maximum absolute atomic E-state index is 11.8. The molecule has 4 N–H and O–H groups in total. The average Bonchev–Trinajstić information content (AvgIpc) is 2.78. The Morgan fingerprint density at radius 2 is 2.05 bits per heavy atom. The van der Waals surface area contributed by atoms with Crippen molar-refractivity contribution in [2.75, 3.05) is 13.7 Å². The van der Waals surface area contributed by atoms with Crippen LogP contribution in [0.3, 0.4) is 0 Å². The van der Waals surface area contributed by atoms with Gasteiger partial charge in [-0.05, 0) is 13.1 Å². The molecular weight excluding hydrogens is 290 g/mol. The molecule has 0 aliphatic rings. The maximum Gasteiger partial charge on any atom is 0.328 e. The minimum absolute atomic E-state index is 0.0430. The summed E-state index contributed by atoms with van der Waals surface area (Å²) in [4.78, 5) is 22.4. The summed E-state index contributed by atoms with van der Waals surface area (Å²) in [5.74, 6) is -2.19. The standard InChI is InChI=1S/C10H15N3O6S/c1-11-20(18,19)6-3-8(13(2)4-6)9(15)12-7(5-14)10(16)17/h3-4,7,11,14H,5H2,1-2H3,(H,12,15)(H,16,17). The number of aliphatic hydroxyl groups is 1. The number of aliphatic hydroxyl groups excluding tert-OH is 1. The van der Waals surface area contributed by atoms with Crippen LogP contribution in [0.2, 0.25) is 0 Å². The molecule has 9 nitrogen and oxygen atoms in total. The predicted octanol–water partition coefficient (Wildman–Crippen LogP) is -1.89. The van der Waals surface area contributed by atoms with Gasteiger partial charge in [-0.3, -0.25) is 4.79 Å². The number of carbonyl (C=O) groups is 2. The van der Waals surface area contributed by atoms with E-state index in [0.29, 0.717) is 0 Å². The normalized spacial score (nSPS) is 12.9. The Balaban J connectivity index is 3.04. The number of carbonyl (C=O) groups excluding carboxylic acids is 1. The molecule has 1 aromatic rings. The van der Waals surface area contributed by atoms with E-state index in [9.17, 15) is 18.0 Å². The van der Waals surface area contributed by atoms with Crippen molar-refractivity contribution in [3.63, 3.8) is 0 Å². The van der Waals surface area contributed by atoms with E-state index in [1.54, 1.807) is 0 Å². The summed E-state index contributed by atoms with van der Waals surface area (Å²) in [7, 11) is -1.03. The van der Waals surface area contributed by atoms with Crippen LogP contribution in [-0.4, -0.2) is 54.8 Å². The van der Waals surface area contributed by atoms with Gasteiger partial charge in [0, 0.05) is 13.2 Å². The third-order valence-corrected chi connectivity index (χ3v) is 3.96. The molecule has 10 heteroatoms. The van der Waals surface area contributed by atoms with Gasteiger partial charge in [0.1, 0.15) is 10.6 Å². The van der Waals surface area contributed by atoms with Gasteiger partial charge >= 0.3 is 5.97 Å². The number of aromatic nitrogens is 1. The van der Waals surface area contributed by atoms with Gasteiger partial charge in [-0.25, -0.2) is 17.9 Å². The first-order valence-electron chi connectivity index (χ1n) is 5.47. The molecule has 1 unspecified atom stereocenters. The number of aliphatic carboxylic acids is 1. The Morgan fingerprint density at radius 1 is 1.45 bits per heavy atom. The quantitative estimate of drug-likeness (QED) is 0.485. The zero-order valence-electron chi connectivity index (χ0n) is 10.8. The fourth-order valence-corrected chi connectivity index (χ4v) is 2.24. The van der Waals surface area contributed by atoms with Gasteiger partial charge in [0.15, 0.2) is 6.04 Å². The molecule has 1 rings (SSSR count). The molecule has 0 spiro atoms. The molecule has 0 aliphatic carbocycles. The molecule has 1 amide bonds. The summed E-state index contributed by atoms with van der Waals surface area (Å²) in [6.07, 6.45) is 1.22. The van der Waals surface area contributed by atoms with Crippen molar-refractivity contribution >= 4 is 21.9 Å². The van der Waals surface area contributed by atoms with Crippen LogP contribution in [-0.2, 0) is 21.9 Å². The number of aryl methyl sites for hydroxylation is 1. The summed E-state index contributed by atoms with van der Waals surface area (Å²) >= 11 is 0. The molecule has 0 bridgehead atoms. The smallest absolute Gasteiger partial charge is 0.328 e. The summed E-state index contributed by atoms with van der Waals surface area (Å²) in [6, 6.07) is -0.348. The van der Waals surface area contributed by atoms with Crippen molar-refractivity contribution in [1.29, 1.82) is 0 Å². The average molecular weight is 305 g/mol. The predicted molar refractivity (Wildman–Crippen MR) is 67.6 cm³/mol. The van der Waals surface area contributed by atoms with Gasteiger partial charge in [-0.1, -0.05) is 0 Å². The SMILES string of the molecule is CNS(=O)(=O)c1cc(C(=O)NC(CO)C(=O)O)n(C)c1. The van der Waals surface area contributed by atoms with Crippen LogP contribution in [0.4, 0.5) is 0 Å². The first-order valence-corrected chi connectivity index (χ1v) is 6.95. The van der Waals surface area contributed by atoms with Crippen molar-refractivity contribution in [3.05, 3.63) is 18.0 Å². The Bertz CT molecular complexity index is 621. The molecule has 1 atom stereocenters. The molecule has 0 aliphatic heterocycles. The second-order valence-corrected chi connectivity index (χ2v) is 5.81. The number of carboxylic acids is 1. The lowest BCUT2D eigenvalue weighted by Gasteiger charge is -2.11. The molecule has 0 fully saturated rings. The molecule has 0 saturated carbocycles. The number of hydrogen-bond donors (Lipinski definition) is 4. The molecule has 112 valence electrons. The van der Waals surface area contributed by atoms with E-state index in [1.807, 2.05) is 0 Å². The highest BCUT2D eigenvalue weighted by molar-refractivity contribution is 7.89. The van der Waals surface area contributed by atoms with E-state index in [1.165, 1.54) is 24.9 Å². The second kappa shape index (κ2) is 6.03. The Labute approximate surface area is 115 Å². The van der Waals surface area contributed by atoms with Crippen molar-refractivity contribution in [2.24, 2.45) is 7.05 Å². The molecule has 1 aromatic heterocycles. The summed E-state index contributed by atoms with van der Waals surface area (Å²) in [5, 5.41) is 19.6. The first-order chi connectivity index (χ1) is 9.22. The number of sulfonamides is 1. The Morgan fingerprint density at radius 3 is 2.50 bits per heavy atom. The Hall–Kier alpha value is -1.91. The monoisotopic (exact) mass is 305 g/mol. The number of rotatable bonds is 6. The third-order valence-electron chi connectivity index (χ3n) is 2.58. The highest BCUT2D eigenvalue weighted by Crippen LogP contribution is 2.13. The lowest BCUT2D eigenvalue weighted by Crippen LogP contribution is -2.43. The summed E-state index contributed by atoms with van der Waals surface area (Å²) < 4.78 is 26.5. The fraction of sp³-hybridized carbons (Fsp3) is 0.400. The van der Waals surface area contributed by atoms with Gasteiger partial charge in [-0.15, -0.1) is 0 Å². The van der Waals surface area contributed by atoms with Crippen LogP contribution in [0.5, 0.6) is 0 Å². The summed E-state index contributed by atoms with van der Waals surface area (Å²) in [5.41, 5.74) is -0.0430.